The molecule has 0 aliphatic rings. The molecule has 0 saturated carbocycles. The molecule has 1 heterocycles. The number of nitrogens with two attached hydrogens (primary N) is 1. The van der Waals surface area contributed by atoms with E-state index in [1.54, 1.807) is 0 Å². The Balaban J connectivity index is 3.19. The van der Waals surface area contributed by atoms with Gasteiger partial charge in [0.2, 0.25) is 0 Å². The third-order valence-corrected chi connectivity index (χ3v) is 3.04. The molecular weight excluding hydrogens is 216 g/mol. The summed E-state index contributed by atoms with van der Waals surface area (Å²) in [5.74, 6) is 1.55. The zero-order valence-electron chi connectivity index (χ0n) is 11.2. The fourth-order valence-electron chi connectivity index (χ4n) is 1.36. The van der Waals surface area contributed by atoms with Gasteiger partial charge in [0.05, 0.1) is 0 Å². The van der Waals surface area contributed by atoms with Gasteiger partial charge >= 0.3 is 0 Å². The van der Waals surface area contributed by atoms with Crippen LogP contribution in [0.4, 0.5) is 5.82 Å². The van der Waals surface area contributed by atoms with Crippen LogP contribution in [0.2, 0.25) is 0 Å². The van der Waals surface area contributed by atoms with E-state index in [4.69, 9.17) is 5.73 Å². The first-order chi connectivity index (χ1) is 7.77. The van der Waals surface area contributed by atoms with Gasteiger partial charge in [-0.1, -0.05) is 13.8 Å². The number of anilines is 1. The summed E-state index contributed by atoms with van der Waals surface area (Å²) in [7, 11) is 1.90. The maximum Gasteiger partial charge on any atom is 0.252 e. The van der Waals surface area contributed by atoms with Crippen molar-refractivity contribution < 1.29 is 0 Å². The first-order valence-corrected chi connectivity index (χ1v) is 5.83. The molecule has 5 heteroatoms. The Labute approximate surface area is 102 Å². The van der Waals surface area contributed by atoms with Crippen molar-refractivity contribution in [3.8, 4) is 0 Å². The van der Waals surface area contributed by atoms with Gasteiger partial charge in [0.1, 0.15) is 11.6 Å². The van der Waals surface area contributed by atoms with Gasteiger partial charge < -0.3 is 15.6 Å². The normalized spacial score (nSPS) is 11.9. The average molecular weight is 238 g/mol. The molecule has 17 heavy (non-hydrogen) atoms. The van der Waals surface area contributed by atoms with Crippen LogP contribution in [-0.2, 0) is 0 Å². The molecule has 1 aromatic heterocycles. The predicted octanol–water partition coefficient (Wildman–Crippen LogP) is 1.07. The Kier molecular flexibility index (Phi) is 3.93. The van der Waals surface area contributed by atoms with Gasteiger partial charge in [-0.3, -0.25) is 4.79 Å². The molecule has 0 aromatic carbocycles. The fourth-order valence-corrected chi connectivity index (χ4v) is 1.36. The molecule has 96 valence electrons. The summed E-state index contributed by atoms with van der Waals surface area (Å²) < 4.78 is 0. The Morgan fingerprint density at radius 2 is 2.12 bits per heavy atom. The number of nitrogens with one attached hydrogen (secondary N) is 1. The highest BCUT2D eigenvalue weighted by molar-refractivity contribution is 5.40. The molecule has 1 rings (SSSR count). The van der Waals surface area contributed by atoms with Gasteiger partial charge in [0.25, 0.3) is 5.56 Å². The number of likely N-dealkylation sites (N-methyl/N-ethyl adjacent to an activating group) is 1. The molecule has 0 aliphatic carbocycles. The number of aromatic nitrogens is 2. The lowest BCUT2D eigenvalue weighted by Gasteiger charge is -2.35. The summed E-state index contributed by atoms with van der Waals surface area (Å²) in [6.07, 6.45) is 0. The highest BCUT2D eigenvalue weighted by Crippen LogP contribution is 2.19. The van der Waals surface area contributed by atoms with Crippen LogP contribution in [-0.4, -0.2) is 29.1 Å². The first kappa shape index (κ1) is 13.7. The SMILES string of the molecule is CC(C)c1nc(N(C)C(C)(C)CN)cc(=O)[nH]1. The van der Waals surface area contributed by atoms with E-state index >= 15 is 0 Å². The second-order valence-corrected chi connectivity index (χ2v) is 5.22. The van der Waals surface area contributed by atoms with E-state index in [1.165, 1.54) is 6.07 Å². The number of hydrogen-bond acceptors (Lipinski definition) is 4. The lowest BCUT2D eigenvalue weighted by Crippen LogP contribution is -2.48. The summed E-state index contributed by atoms with van der Waals surface area (Å²) in [6, 6.07) is 1.50. The molecule has 0 amide bonds. The molecule has 1 aromatic rings. The van der Waals surface area contributed by atoms with E-state index in [-0.39, 0.29) is 17.0 Å². The number of hydrogen-bond donors (Lipinski definition) is 2. The molecule has 0 atom stereocenters. The number of H-pyrrole nitrogens is 1. The van der Waals surface area contributed by atoms with Crippen molar-refractivity contribution in [1.82, 2.24) is 9.97 Å². The van der Waals surface area contributed by atoms with Crippen LogP contribution in [0.3, 0.4) is 0 Å². The predicted molar refractivity (Wildman–Crippen MR) is 70.5 cm³/mol. The molecule has 0 bridgehead atoms. The van der Waals surface area contributed by atoms with Gasteiger partial charge in [0, 0.05) is 31.1 Å². The molecule has 0 saturated heterocycles. The summed E-state index contributed by atoms with van der Waals surface area (Å²) in [5.41, 5.74) is 5.37. The number of rotatable bonds is 4. The average Bonchev–Trinajstić information content (AvgIpc) is 2.27. The fraction of sp³-hybridized carbons (Fsp3) is 0.667. The minimum Gasteiger partial charge on any atom is -0.353 e. The van der Waals surface area contributed by atoms with Crippen LogP contribution < -0.4 is 16.2 Å². The van der Waals surface area contributed by atoms with Crippen LogP contribution in [0.5, 0.6) is 0 Å². The Bertz CT molecular complexity index is 436. The highest BCUT2D eigenvalue weighted by Gasteiger charge is 2.23. The quantitative estimate of drug-likeness (QED) is 0.822. The summed E-state index contributed by atoms with van der Waals surface area (Å²) in [5, 5.41) is 0. The van der Waals surface area contributed by atoms with E-state index < -0.39 is 0 Å². The molecule has 0 fully saturated rings. The Morgan fingerprint density at radius 1 is 1.53 bits per heavy atom. The van der Waals surface area contributed by atoms with Gasteiger partial charge in [-0.2, -0.15) is 0 Å². The highest BCUT2D eigenvalue weighted by atomic mass is 16.1. The maximum absolute atomic E-state index is 11.6. The van der Waals surface area contributed by atoms with E-state index in [9.17, 15) is 4.79 Å². The van der Waals surface area contributed by atoms with E-state index in [0.29, 0.717) is 18.2 Å². The lowest BCUT2D eigenvalue weighted by atomic mass is 10.0. The zero-order valence-corrected chi connectivity index (χ0v) is 11.2. The van der Waals surface area contributed by atoms with E-state index in [2.05, 4.69) is 9.97 Å². The molecule has 5 nitrogen and oxygen atoms in total. The topological polar surface area (TPSA) is 75.0 Å². The van der Waals surface area contributed by atoms with Crippen LogP contribution in [0.15, 0.2) is 10.9 Å². The summed E-state index contributed by atoms with van der Waals surface area (Å²) in [6.45, 7) is 8.52. The van der Waals surface area contributed by atoms with Crippen molar-refractivity contribution in [2.24, 2.45) is 5.73 Å². The van der Waals surface area contributed by atoms with Crippen molar-refractivity contribution in [2.75, 3.05) is 18.5 Å². The first-order valence-electron chi connectivity index (χ1n) is 5.83. The van der Waals surface area contributed by atoms with Crippen molar-refractivity contribution in [2.45, 2.75) is 39.2 Å². The summed E-state index contributed by atoms with van der Waals surface area (Å²) >= 11 is 0. The standard InChI is InChI=1S/C12H22N4O/c1-8(2)11-14-9(6-10(17)15-11)16(5)12(3,4)7-13/h6,8H,7,13H2,1-5H3,(H,14,15,17). The van der Waals surface area contributed by atoms with Gasteiger partial charge in [-0.25, -0.2) is 4.98 Å². The number of nitrogens with zero attached hydrogens (tertiary/aromatic N) is 2. The zero-order chi connectivity index (χ0) is 13.2. The Morgan fingerprint density at radius 3 is 2.59 bits per heavy atom. The van der Waals surface area contributed by atoms with Crippen LogP contribution in [0, 0.1) is 0 Å². The van der Waals surface area contributed by atoms with Gasteiger partial charge in [-0.05, 0) is 13.8 Å². The Hall–Kier alpha value is -1.36. The minimum atomic E-state index is -0.227. The van der Waals surface area contributed by atoms with E-state index in [1.807, 2.05) is 39.6 Å². The molecule has 3 N–H and O–H groups in total. The third kappa shape index (κ3) is 3.06. The maximum atomic E-state index is 11.6. The van der Waals surface area contributed by atoms with Crippen molar-refractivity contribution >= 4 is 5.82 Å². The van der Waals surface area contributed by atoms with Crippen LogP contribution in [0.25, 0.3) is 0 Å². The molecule has 0 spiro atoms. The van der Waals surface area contributed by atoms with E-state index in [0.717, 1.165) is 0 Å². The second kappa shape index (κ2) is 4.87. The molecule has 0 aliphatic heterocycles. The van der Waals surface area contributed by atoms with Gasteiger partial charge in [-0.15, -0.1) is 0 Å². The lowest BCUT2D eigenvalue weighted by molar-refractivity contribution is 0.493. The minimum absolute atomic E-state index is 0.127. The van der Waals surface area contributed by atoms with Crippen molar-refractivity contribution in [3.63, 3.8) is 0 Å². The molecular formula is C12H22N4O. The van der Waals surface area contributed by atoms with Crippen LogP contribution >= 0.6 is 0 Å². The molecule has 0 unspecified atom stereocenters. The third-order valence-electron chi connectivity index (χ3n) is 3.04. The monoisotopic (exact) mass is 238 g/mol. The smallest absolute Gasteiger partial charge is 0.252 e. The van der Waals surface area contributed by atoms with Gasteiger partial charge in [0.15, 0.2) is 0 Å². The van der Waals surface area contributed by atoms with Crippen molar-refractivity contribution in [1.29, 1.82) is 0 Å². The van der Waals surface area contributed by atoms with Crippen molar-refractivity contribution in [3.05, 3.63) is 22.2 Å². The number of aromatic amines is 1. The largest absolute Gasteiger partial charge is 0.353 e. The second-order valence-electron chi connectivity index (χ2n) is 5.22. The summed E-state index contributed by atoms with van der Waals surface area (Å²) in [4.78, 5) is 20.7. The van der Waals surface area contributed by atoms with Crippen LogP contribution in [0.1, 0.15) is 39.4 Å². The molecule has 0 radical (unpaired) electrons.